The molecule has 166 valence electrons. The molecule has 1 aliphatic rings. The highest BCUT2D eigenvalue weighted by Crippen LogP contribution is 2.28. The minimum atomic E-state index is -0.525. The van der Waals surface area contributed by atoms with Crippen LogP contribution in [0.15, 0.2) is 80.9 Å². The fourth-order valence-electron chi connectivity index (χ4n) is 3.20. The number of quaternary nitrogens is 1. The number of azo groups is 1. The maximum atomic E-state index is 13.0. The van der Waals surface area contributed by atoms with Crippen LogP contribution >= 0.6 is 22.9 Å². The largest absolute Gasteiger partial charge is 0.540 e. The normalized spacial score (nSPS) is 13.8. The van der Waals surface area contributed by atoms with Crippen LogP contribution in [-0.2, 0) is 4.84 Å². The van der Waals surface area contributed by atoms with E-state index in [9.17, 15) is 9.90 Å². The van der Waals surface area contributed by atoms with Crippen LogP contribution in [0.1, 0.15) is 11.4 Å². The first kappa shape index (κ1) is 20.9. The van der Waals surface area contributed by atoms with Gasteiger partial charge in [-0.15, -0.1) is 22.0 Å². The van der Waals surface area contributed by atoms with Gasteiger partial charge in [0.1, 0.15) is 11.6 Å². The van der Waals surface area contributed by atoms with Crippen molar-refractivity contribution in [2.45, 2.75) is 6.92 Å². The summed E-state index contributed by atoms with van der Waals surface area (Å²) in [7, 11) is 0. The quantitative estimate of drug-likeness (QED) is 0.334. The fourth-order valence-corrected chi connectivity index (χ4v) is 4.09. The standard InChI is InChI=1S/C21H16ClN7O3S/c1-12-17(25-24-14-9-7-13(22)8-10-14)19(30)29(26-12)21-23-16(11-33-21)18-20(31)32-27-28(18)15-5-3-2-4-6-15/h2-11,26-27,31H,1H3. The summed E-state index contributed by atoms with van der Waals surface area (Å²) >= 11 is 7.09. The first-order chi connectivity index (χ1) is 16.0. The van der Waals surface area contributed by atoms with Crippen LogP contribution in [0.25, 0.3) is 10.8 Å². The van der Waals surface area contributed by atoms with Gasteiger partial charge in [0.25, 0.3) is 0 Å². The van der Waals surface area contributed by atoms with Gasteiger partial charge in [0.05, 0.1) is 17.1 Å². The molecule has 33 heavy (non-hydrogen) atoms. The smallest absolute Gasteiger partial charge is 0.301 e. The monoisotopic (exact) mass is 481 g/mol. The Morgan fingerprint density at radius 2 is 1.91 bits per heavy atom. The number of nitrogens with one attached hydrogen (secondary N) is 1. The lowest BCUT2D eigenvalue weighted by Crippen LogP contribution is -2.90. The van der Waals surface area contributed by atoms with Gasteiger partial charge in [-0.2, -0.15) is 14.8 Å². The second kappa shape index (κ2) is 8.54. The third-order valence-electron chi connectivity index (χ3n) is 4.79. The topological polar surface area (TPSA) is 128 Å². The number of anilines is 1. The van der Waals surface area contributed by atoms with Crippen molar-refractivity contribution in [1.29, 1.82) is 0 Å². The van der Waals surface area contributed by atoms with Gasteiger partial charge in [0, 0.05) is 10.4 Å². The Balaban J connectivity index is 1.46. The summed E-state index contributed by atoms with van der Waals surface area (Å²) < 4.78 is 1.27. The second-order valence-corrected chi connectivity index (χ2v) is 8.26. The highest BCUT2D eigenvalue weighted by Gasteiger charge is 2.27. The minimum absolute atomic E-state index is 0.161. The maximum absolute atomic E-state index is 13.0. The Kier molecular flexibility index (Phi) is 5.42. The molecule has 0 bridgehead atoms. The summed E-state index contributed by atoms with van der Waals surface area (Å²) in [5, 5.41) is 27.8. The number of thiazole rings is 1. The molecule has 3 N–H and O–H groups in total. The highest BCUT2D eigenvalue weighted by atomic mass is 35.5. The van der Waals surface area contributed by atoms with E-state index in [-0.39, 0.29) is 11.4 Å². The Labute approximate surface area is 196 Å². The Hall–Kier alpha value is -3.93. The van der Waals surface area contributed by atoms with Crippen molar-refractivity contribution in [3.05, 3.63) is 92.7 Å². The van der Waals surface area contributed by atoms with Gasteiger partial charge in [-0.3, -0.25) is 9.89 Å². The van der Waals surface area contributed by atoms with Crippen LogP contribution in [0.3, 0.4) is 0 Å². The van der Waals surface area contributed by atoms with Crippen molar-refractivity contribution < 1.29 is 15.5 Å². The molecule has 0 aliphatic carbocycles. The molecule has 4 aromatic rings. The summed E-state index contributed by atoms with van der Waals surface area (Å²) in [6, 6.07) is 16.1. The molecule has 5 rings (SSSR count). The van der Waals surface area contributed by atoms with E-state index >= 15 is 0 Å². The number of rotatable bonds is 5. The zero-order valence-electron chi connectivity index (χ0n) is 17.1. The van der Waals surface area contributed by atoms with E-state index in [2.05, 4.69) is 20.3 Å². The van der Waals surface area contributed by atoms with E-state index in [1.807, 2.05) is 30.3 Å². The van der Waals surface area contributed by atoms with Crippen molar-refractivity contribution in [3.8, 4) is 5.13 Å². The number of aromatic amines is 1. The summed E-state index contributed by atoms with van der Waals surface area (Å²) in [5.41, 5.74) is 3.60. The molecule has 0 atom stereocenters. The van der Waals surface area contributed by atoms with E-state index in [1.54, 1.807) is 41.6 Å². The molecule has 3 heterocycles. The van der Waals surface area contributed by atoms with Gasteiger partial charge >= 0.3 is 5.56 Å². The van der Waals surface area contributed by atoms with Gasteiger partial charge < -0.3 is 9.94 Å². The Morgan fingerprint density at radius 1 is 1.15 bits per heavy atom. The van der Waals surface area contributed by atoms with E-state index in [0.29, 0.717) is 27.2 Å². The lowest BCUT2D eigenvalue weighted by molar-refractivity contribution is -0.890. The average molecular weight is 482 g/mol. The van der Waals surface area contributed by atoms with Crippen molar-refractivity contribution in [3.63, 3.8) is 0 Å². The molecular weight excluding hydrogens is 466 g/mol. The molecule has 0 amide bonds. The number of benzene rings is 2. The Morgan fingerprint density at radius 3 is 2.67 bits per heavy atom. The Bertz CT molecular complexity index is 1420. The third-order valence-corrected chi connectivity index (χ3v) is 5.87. The van der Waals surface area contributed by atoms with Crippen LogP contribution in [0, 0.1) is 6.92 Å². The van der Waals surface area contributed by atoms with Crippen LogP contribution in [-0.4, -0.2) is 14.8 Å². The summed E-state index contributed by atoms with van der Waals surface area (Å²) in [5.74, 6) is -0.525. The van der Waals surface area contributed by atoms with E-state index in [0.717, 1.165) is 5.69 Å². The summed E-state index contributed by atoms with van der Waals surface area (Å²) in [4.78, 5) is 22.6. The molecule has 0 fully saturated rings. The van der Waals surface area contributed by atoms with E-state index < -0.39 is 11.5 Å². The number of hydrogen-bond donors (Lipinski definition) is 2. The zero-order valence-corrected chi connectivity index (χ0v) is 18.7. The van der Waals surface area contributed by atoms with Crippen LogP contribution in [0.2, 0.25) is 5.02 Å². The predicted molar refractivity (Wildman–Crippen MR) is 121 cm³/mol. The summed E-state index contributed by atoms with van der Waals surface area (Å²) in [6.45, 7) is 1.72. The maximum Gasteiger partial charge on any atom is 0.301 e. The van der Waals surface area contributed by atoms with Crippen molar-refractivity contribution >= 4 is 45.7 Å². The molecule has 0 radical (unpaired) electrons. The van der Waals surface area contributed by atoms with Gasteiger partial charge in [-0.25, -0.2) is 4.98 Å². The third kappa shape index (κ3) is 4.00. The zero-order chi connectivity index (χ0) is 22.9. The van der Waals surface area contributed by atoms with Gasteiger partial charge in [0.15, 0.2) is 11.4 Å². The van der Waals surface area contributed by atoms with Crippen LogP contribution in [0.5, 0.6) is 0 Å². The van der Waals surface area contributed by atoms with E-state index in [4.69, 9.17) is 16.4 Å². The number of H-pyrrole nitrogens is 1. The molecule has 12 heteroatoms. The number of para-hydroxylation sites is 1. The molecule has 1 aliphatic heterocycles. The molecular formula is C21H16ClN7O3S. The summed E-state index contributed by atoms with van der Waals surface area (Å²) in [6.07, 6.45) is 0. The molecule has 0 unspecified atom stereocenters. The lowest BCUT2D eigenvalue weighted by Gasteiger charge is -2.16. The van der Waals surface area contributed by atoms with Gasteiger partial charge in [-0.1, -0.05) is 29.8 Å². The first-order valence-electron chi connectivity index (χ1n) is 9.72. The lowest BCUT2D eigenvalue weighted by atomic mass is 10.2. The molecule has 0 spiro atoms. The number of halogens is 1. The molecule has 2 aromatic carbocycles. The number of hydrogen-bond acceptors (Lipinski definition) is 8. The van der Waals surface area contributed by atoms with Crippen molar-refractivity contribution in [2.75, 3.05) is 5.01 Å². The predicted octanol–water partition coefficient (Wildman–Crippen LogP) is 2.92. The van der Waals surface area contributed by atoms with Crippen molar-refractivity contribution in [1.82, 2.24) is 14.8 Å². The number of aryl methyl sites for hydroxylation is 1. The molecule has 2 aromatic heterocycles. The minimum Gasteiger partial charge on any atom is -0.540 e. The number of nitrogens with zero attached hydrogens (tertiary/aromatic N) is 5. The van der Waals surface area contributed by atoms with Crippen LogP contribution < -0.4 is 21.3 Å². The number of aromatic nitrogens is 3. The molecule has 0 saturated heterocycles. The van der Waals surface area contributed by atoms with Gasteiger partial charge in [-0.05, 0) is 43.3 Å². The first-order valence-corrected chi connectivity index (χ1v) is 11.0. The second-order valence-electron chi connectivity index (χ2n) is 6.98. The average Bonchev–Trinajstić information content (AvgIpc) is 3.52. The fraction of sp³-hybridized carbons (Fsp3) is 0.0476. The molecule has 10 nitrogen and oxygen atoms in total. The highest BCUT2D eigenvalue weighted by molar-refractivity contribution is 7.12. The van der Waals surface area contributed by atoms with E-state index in [1.165, 1.54) is 21.6 Å². The van der Waals surface area contributed by atoms with Gasteiger partial charge in [0.2, 0.25) is 5.13 Å². The number of nitrogens with two attached hydrogens (primary N) is 1. The van der Waals surface area contributed by atoms with Crippen molar-refractivity contribution in [2.24, 2.45) is 10.2 Å². The SMILES string of the molecule is Cc1[nH]n(-c2nc(C3=C([O-])O[NH2+]N3c3ccccc3)cs2)c(=O)c1N=Nc1ccc(Cl)cc1. The van der Waals surface area contributed by atoms with Crippen LogP contribution in [0.4, 0.5) is 17.1 Å². The molecule has 0 saturated carbocycles.